The van der Waals surface area contributed by atoms with E-state index in [0.717, 1.165) is 5.75 Å². The van der Waals surface area contributed by atoms with Crippen LogP contribution in [0.25, 0.3) is 5.52 Å². The van der Waals surface area contributed by atoms with Crippen molar-refractivity contribution in [1.82, 2.24) is 14.3 Å². The molecule has 0 aliphatic rings. The van der Waals surface area contributed by atoms with Crippen LogP contribution in [0.5, 0.6) is 5.75 Å². The number of hydrogen-bond donors (Lipinski definition) is 1. The van der Waals surface area contributed by atoms with Crippen LogP contribution in [0, 0.1) is 0 Å². The van der Waals surface area contributed by atoms with Crippen molar-refractivity contribution >= 4 is 23.0 Å². The molecular weight excluding hydrogens is 368 g/mol. The van der Waals surface area contributed by atoms with E-state index in [4.69, 9.17) is 4.74 Å². The Morgan fingerprint density at radius 1 is 1.10 bits per heavy atom. The summed E-state index contributed by atoms with van der Waals surface area (Å²) in [7, 11) is 0. The fourth-order valence-electron chi connectivity index (χ4n) is 3.09. The molecule has 0 unspecified atom stereocenters. The normalized spacial score (nSPS) is 10.9. The highest BCUT2D eigenvalue weighted by Gasteiger charge is 2.24. The van der Waals surface area contributed by atoms with Crippen molar-refractivity contribution in [3.63, 3.8) is 0 Å². The van der Waals surface area contributed by atoms with Crippen LogP contribution in [0.2, 0.25) is 0 Å². The number of pyridine rings is 1. The second-order valence-electron chi connectivity index (χ2n) is 6.86. The Hall–Kier alpha value is -3.35. The van der Waals surface area contributed by atoms with Gasteiger partial charge in [-0.05, 0) is 64.1 Å². The van der Waals surface area contributed by atoms with E-state index in [9.17, 15) is 9.59 Å². The Morgan fingerprint density at radius 3 is 2.41 bits per heavy atom. The number of rotatable bonds is 7. The van der Waals surface area contributed by atoms with Gasteiger partial charge >= 0.3 is 0 Å². The van der Waals surface area contributed by atoms with Crippen LogP contribution >= 0.6 is 0 Å². The summed E-state index contributed by atoms with van der Waals surface area (Å²) in [6, 6.07) is 12.6. The van der Waals surface area contributed by atoms with Crippen LogP contribution in [0.4, 0.5) is 5.69 Å². The van der Waals surface area contributed by atoms with Crippen LogP contribution in [0.15, 0.2) is 48.7 Å². The molecule has 7 nitrogen and oxygen atoms in total. The molecule has 3 aromatic rings. The third-order valence-corrected chi connectivity index (χ3v) is 4.49. The van der Waals surface area contributed by atoms with E-state index < -0.39 is 0 Å². The van der Waals surface area contributed by atoms with E-state index in [1.54, 1.807) is 51.9 Å². The van der Waals surface area contributed by atoms with E-state index in [2.05, 4.69) is 10.3 Å². The third kappa shape index (κ3) is 4.39. The number of hydrogen-bond acceptors (Lipinski definition) is 4. The van der Waals surface area contributed by atoms with Crippen molar-refractivity contribution in [2.45, 2.75) is 33.8 Å². The first-order valence-electron chi connectivity index (χ1n) is 9.79. The Kier molecular flexibility index (Phi) is 6.16. The molecule has 0 aliphatic heterocycles. The van der Waals surface area contributed by atoms with Gasteiger partial charge in [-0.15, -0.1) is 0 Å². The zero-order chi connectivity index (χ0) is 21.0. The third-order valence-electron chi connectivity index (χ3n) is 4.49. The van der Waals surface area contributed by atoms with Crippen LogP contribution in [-0.2, 0) is 0 Å². The summed E-state index contributed by atoms with van der Waals surface area (Å²) < 4.78 is 7.26. The average molecular weight is 394 g/mol. The zero-order valence-electron chi connectivity index (χ0n) is 17.2. The number of imidazole rings is 1. The van der Waals surface area contributed by atoms with Gasteiger partial charge in [0.05, 0.1) is 11.6 Å². The summed E-state index contributed by atoms with van der Waals surface area (Å²) in [5.41, 5.74) is 1.51. The lowest BCUT2D eigenvalue weighted by Gasteiger charge is -2.17. The molecule has 2 heterocycles. The fraction of sp³-hybridized carbons (Fsp3) is 0.318. The summed E-state index contributed by atoms with van der Waals surface area (Å²) in [6.45, 7) is 8.90. The average Bonchev–Trinajstić information content (AvgIpc) is 3.10. The van der Waals surface area contributed by atoms with Gasteiger partial charge in [0.25, 0.3) is 11.8 Å². The molecule has 0 spiro atoms. The van der Waals surface area contributed by atoms with Crippen molar-refractivity contribution in [3.05, 3.63) is 60.2 Å². The van der Waals surface area contributed by atoms with Crippen molar-refractivity contribution in [2.24, 2.45) is 0 Å². The summed E-state index contributed by atoms with van der Waals surface area (Å²) in [4.78, 5) is 31.8. The SMILES string of the molecule is CCN(CC)C(=O)c1nc(C(=O)Nc2ccc(OC(C)C)cc2)n2ccccc12. The maximum Gasteiger partial charge on any atom is 0.292 e. The molecule has 0 bridgehead atoms. The molecule has 0 saturated heterocycles. The number of carbonyl (C=O) groups is 2. The number of anilines is 1. The Labute approximate surface area is 170 Å². The fourth-order valence-corrected chi connectivity index (χ4v) is 3.09. The molecule has 152 valence electrons. The van der Waals surface area contributed by atoms with Gasteiger partial charge in [-0.1, -0.05) is 6.07 Å². The molecule has 2 aromatic heterocycles. The first-order valence-corrected chi connectivity index (χ1v) is 9.79. The molecule has 29 heavy (non-hydrogen) atoms. The number of ether oxygens (including phenoxy) is 1. The number of amides is 2. The van der Waals surface area contributed by atoms with Crippen molar-refractivity contribution in [2.75, 3.05) is 18.4 Å². The van der Waals surface area contributed by atoms with Gasteiger partial charge in [-0.2, -0.15) is 0 Å². The van der Waals surface area contributed by atoms with Crippen LogP contribution in [0.3, 0.4) is 0 Å². The van der Waals surface area contributed by atoms with Gasteiger partial charge in [-0.25, -0.2) is 4.98 Å². The maximum atomic E-state index is 12.9. The standard InChI is InChI=1S/C22H26N4O3/c1-5-25(6-2)22(28)19-18-9-7-8-14-26(18)20(24-19)21(27)23-16-10-12-17(13-11-16)29-15(3)4/h7-15H,5-6H2,1-4H3,(H,23,27). The molecule has 3 rings (SSSR count). The molecule has 0 atom stereocenters. The Balaban J connectivity index is 1.89. The molecule has 7 heteroatoms. The second kappa shape index (κ2) is 8.77. The highest BCUT2D eigenvalue weighted by Crippen LogP contribution is 2.19. The minimum Gasteiger partial charge on any atom is -0.491 e. The number of nitrogens with zero attached hydrogens (tertiary/aromatic N) is 3. The maximum absolute atomic E-state index is 12.9. The van der Waals surface area contributed by atoms with Crippen LogP contribution in [0.1, 0.15) is 48.8 Å². The topological polar surface area (TPSA) is 75.9 Å². The quantitative estimate of drug-likeness (QED) is 0.660. The van der Waals surface area contributed by atoms with Gasteiger partial charge in [-0.3, -0.25) is 14.0 Å². The molecule has 0 aliphatic carbocycles. The summed E-state index contributed by atoms with van der Waals surface area (Å²) in [6.07, 6.45) is 1.81. The lowest BCUT2D eigenvalue weighted by molar-refractivity contribution is 0.0769. The number of aromatic nitrogens is 2. The molecule has 0 saturated carbocycles. The smallest absolute Gasteiger partial charge is 0.292 e. The van der Waals surface area contributed by atoms with E-state index in [1.807, 2.05) is 33.8 Å². The first-order chi connectivity index (χ1) is 13.9. The van der Waals surface area contributed by atoms with E-state index >= 15 is 0 Å². The lowest BCUT2D eigenvalue weighted by Crippen LogP contribution is -2.31. The van der Waals surface area contributed by atoms with E-state index in [-0.39, 0.29) is 29.4 Å². The van der Waals surface area contributed by atoms with Crippen LogP contribution < -0.4 is 10.1 Å². The number of benzene rings is 1. The van der Waals surface area contributed by atoms with E-state index in [1.165, 1.54) is 0 Å². The highest BCUT2D eigenvalue weighted by molar-refractivity contribution is 6.06. The van der Waals surface area contributed by atoms with Gasteiger partial charge in [0.1, 0.15) is 5.75 Å². The molecule has 0 radical (unpaired) electrons. The molecular formula is C22H26N4O3. The first kappa shape index (κ1) is 20.4. The Morgan fingerprint density at radius 2 is 1.79 bits per heavy atom. The van der Waals surface area contributed by atoms with Gasteiger partial charge in [0, 0.05) is 25.0 Å². The second-order valence-corrected chi connectivity index (χ2v) is 6.86. The van der Waals surface area contributed by atoms with E-state index in [0.29, 0.717) is 24.3 Å². The highest BCUT2D eigenvalue weighted by atomic mass is 16.5. The monoisotopic (exact) mass is 394 g/mol. The summed E-state index contributed by atoms with van der Waals surface area (Å²) in [5, 5.41) is 2.84. The number of fused-ring (bicyclic) bond motifs is 1. The molecule has 1 N–H and O–H groups in total. The largest absolute Gasteiger partial charge is 0.491 e. The summed E-state index contributed by atoms with van der Waals surface area (Å²) >= 11 is 0. The van der Waals surface area contributed by atoms with Crippen LogP contribution in [-0.4, -0.2) is 45.3 Å². The number of nitrogens with one attached hydrogen (secondary N) is 1. The lowest BCUT2D eigenvalue weighted by atomic mass is 10.3. The molecule has 2 amide bonds. The van der Waals surface area contributed by atoms with Gasteiger partial charge in [0.15, 0.2) is 5.69 Å². The zero-order valence-corrected chi connectivity index (χ0v) is 17.2. The van der Waals surface area contributed by atoms with Gasteiger partial charge in [0.2, 0.25) is 5.82 Å². The summed E-state index contributed by atoms with van der Waals surface area (Å²) in [5.74, 6) is 0.324. The number of carbonyl (C=O) groups excluding carboxylic acids is 2. The van der Waals surface area contributed by atoms with Crippen molar-refractivity contribution < 1.29 is 14.3 Å². The minimum absolute atomic E-state index is 0.0773. The van der Waals surface area contributed by atoms with Crippen molar-refractivity contribution in [1.29, 1.82) is 0 Å². The molecule has 0 fully saturated rings. The van der Waals surface area contributed by atoms with Crippen molar-refractivity contribution in [3.8, 4) is 5.75 Å². The predicted octanol–water partition coefficient (Wildman–Crippen LogP) is 3.86. The van der Waals surface area contributed by atoms with Gasteiger partial charge < -0.3 is 15.0 Å². The molecule has 1 aromatic carbocycles. The predicted molar refractivity (Wildman–Crippen MR) is 113 cm³/mol. The minimum atomic E-state index is -0.387. The Bertz CT molecular complexity index is 1000.